The van der Waals surface area contributed by atoms with Crippen LogP contribution < -0.4 is 10.6 Å². The van der Waals surface area contributed by atoms with Gasteiger partial charge >= 0.3 is 5.97 Å². The van der Waals surface area contributed by atoms with Crippen molar-refractivity contribution in [2.75, 3.05) is 19.0 Å². The molecular weight excluding hydrogens is 268 g/mol. The van der Waals surface area contributed by atoms with Gasteiger partial charge in [-0.2, -0.15) is 0 Å². The number of anilines is 1. The lowest BCUT2D eigenvalue weighted by Gasteiger charge is -2.12. The number of nitrogens with one attached hydrogen (secondary N) is 2. The standard InChI is InChI=1S/C13H15ClN2O3/c1-19-13(18)9-7-8(4-5-10(9)14)16-12(17)11-3-2-6-15-11/h4-5,7,11,15H,2-3,6H2,1H3,(H,16,17). The summed E-state index contributed by atoms with van der Waals surface area (Å²) in [7, 11) is 1.28. The van der Waals surface area contributed by atoms with E-state index in [2.05, 4.69) is 15.4 Å². The van der Waals surface area contributed by atoms with Gasteiger partial charge in [0, 0.05) is 5.69 Å². The van der Waals surface area contributed by atoms with Crippen LogP contribution in [-0.4, -0.2) is 31.6 Å². The first-order valence-electron chi connectivity index (χ1n) is 6.04. The van der Waals surface area contributed by atoms with Crippen molar-refractivity contribution < 1.29 is 14.3 Å². The monoisotopic (exact) mass is 282 g/mol. The highest BCUT2D eigenvalue weighted by Gasteiger charge is 2.22. The van der Waals surface area contributed by atoms with Gasteiger partial charge < -0.3 is 15.4 Å². The number of methoxy groups -OCH3 is 1. The number of halogens is 1. The van der Waals surface area contributed by atoms with Gasteiger partial charge in [0.15, 0.2) is 0 Å². The number of benzene rings is 1. The normalized spacial score (nSPS) is 18.1. The third-order valence-corrected chi connectivity index (χ3v) is 3.35. The first-order valence-corrected chi connectivity index (χ1v) is 6.41. The summed E-state index contributed by atoms with van der Waals surface area (Å²) in [6.45, 7) is 0.853. The van der Waals surface area contributed by atoms with Crippen molar-refractivity contribution in [2.45, 2.75) is 18.9 Å². The van der Waals surface area contributed by atoms with E-state index >= 15 is 0 Å². The van der Waals surface area contributed by atoms with Crippen molar-refractivity contribution >= 4 is 29.2 Å². The fourth-order valence-corrected chi connectivity index (χ4v) is 2.20. The highest BCUT2D eigenvalue weighted by atomic mass is 35.5. The maximum Gasteiger partial charge on any atom is 0.339 e. The summed E-state index contributed by atoms with van der Waals surface area (Å²) in [6, 6.07) is 4.56. The first-order chi connectivity index (χ1) is 9.11. The lowest BCUT2D eigenvalue weighted by Crippen LogP contribution is -2.35. The van der Waals surface area contributed by atoms with Crippen LogP contribution in [-0.2, 0) is 9.53 Å². The molecule has 6 heteroatoms. The van der Waals surface area contributed by atoms with E-state index in [-0.39, 0.29) is 17.5 Å². The van der Waals surface area contributed by atoms with Crippen molar-refractivity contribution in [2.24, 2.45) is 0 Å². The summed E-state index contributed by atoms with van der Waals surface area (Å²) in [5.74, 6) is -0.629. The minimum absolute atomic E-state index is 0.101. The molecule has 1 heterocycles. The van der Waals surface area contributed by atoms with Crippen molar-refractivity contribution in [3.05, 3.63) is 28.8 Å². The molecule has 1 fully saturated rings. The lowest BCUT2D eigenvalue weighted by atomic mass is 10.1. The Kier molecular flexibility index (Phi) is 4.39. The number of amides is 1. The zero-order chi connectivity index (χ0) is 13.8. The zero-order valence-electron chi connectivity index (χ0n) is 10.5. The Labute approximate surface area is 116 Å². The van der Waals surface area contributed by atoms with Gasteiger partial charge in [-0.3, -0.25) is 4.79 Å². The Morgan fingerprint density at radius 3 is 2.89 bits per heavy atom. The number of rotatable bonds is 3. The zero-order valence-corrected chi connectivity index (χ0v) is 11.3. The maximum absolute atomic E-state index is 11.9. The van der Waals surface area contributed by atoms with Gasteiger partial charge in [-0.05, 0) is 37.6 Å². The molecule has 1 saturated heterocycles. The molecule has 1 aromatic carbocycles. The Bertz CT molecular complexity index is 499. The second-order valence-corrected chi connectivity index (χ2v) is 4.73. The van der Waals surface area contributed by atoms with E-state index in [4.69, 9.17) is 11.6 Å². The van der Waals surface area contributed by atoms with Gasteiger partial charge in [0.1, 0.15) is 0 Å². The molecule has 1 aliphatic rings. The minimum Gasteiger partial charge on any atom is -0.465 e. The highest BCUT2D eigenvalue weighted by molar-refractivity contribution is 6.33. The molecule has 0 saturated carbocycles. The van der Waals surface area contributed by atoms with Crippen LogP contribution in [0.1, 0.15) is 23.2 Å². The molecule has 19 heavy (non-hydrogen) atoms. The van der Waals surface area contributed by atoms with Gasteiger partial charge in [-0.15, -0.1) is 0 Å². The predicted octanol–water partition coefficient (Wildman–Crippen LogP) is 1.82. The average molecular weight is 283 g/mol. The molecule has 102 valence electrons. The van der Waals surface area contributed by atoms with Crippen LogP contribution in [0.2, 0.25) is 5.02 Å². The highest BCUT2D eigenvalue weighted by Crippen LogP contribution is 2.21. The quantitative estimate of drug-likeness (QED) is 0.830. The molecule has 0 aromatic heterocycles. The Hall–Kier alpha value is -1.59. The Morgan fingerprint density at radius 1 is 1.47 bits per heavy atom. The molecule has 1 amide bonds. The van der Waals surface area contributed by atoms with Gasteiger partial charge in [-0.1, -0.05) is 11.6 Å². The van der Waals surface area contributed by atoms with Gasteiger partial charge in [0.2, 0.25) is 5.91 Å². The van der Waals surface area contributed by atoms with Crippen LogP contribution in [0.3, 0.4) is 0 Å². The summed E-state index contributed by atoms with van der Waals surface area (Å²) in [5.41, 5.74) is 0.768. The number of esters is 1. The molecule has 2 rings (SSSR count). The molecule has 0 spiro atoms. The van der Waals surface area contributed by atoms with E-state index in [0.29, 0.717) is 10.7 Å². The fraction of sp³-hybridized carbons (Fsp3) is 0.385. The molecule has 0 aliphatic carbocycles. The van der Waals surface area contributed by atoms with Crippen LogP contribution in [0.25, 0.3) is 0 Å². The van der Waals surface area contributed by atoms with Crippen LogP contribution in [0.5, 0.6) is 0 Å². The van der Waals surface area contributed by atoms with Gasteiger partial charge in [0.05, 0.1) is 23.7 Å². The average Bonchev–Trinajstić information content (AvgIpc) is 2.94. The summed E-state index contributed by atoms with van der Waals surface area (Å²) < 4.78 is 4.63. The Balaban J connectivity index is 2.12. The van der Waals surface area contributed by atoms with E-state index in [9.17, 15) is 9.59 Å². The summed E-state index contributed by atoms with van der Waals surface area (Å²) in [4.78, 5) is 23.4. The SMILES string of the molecule is COC(=O)c1cc(NC(=O)C2CCCN2)ccc1Cl. The van der Waals surface area contributed by atoms with Gasteiger partial charge in [-0.25, -0.2) is 4.79 Å². The molecular formula is C13H15ClN2O3. The van der Waals surface area contributed by atoms with Crippen molar-refractivity contribution in [1.29, 1.82) is 0 Å². The molecule has 5 nitrogen and oxygen atoms in total. The van der Waals surface area contributed by atoms with Gasteiger partial charge in [0.25, 0.3) is 0 Å². The summed E-state index contributed by atoms with van der Waals surface area (Å²) in [6.07, 6.45) is 1.81. The summed E-state index contributed by atoms with van der Waals surface area (Å²) >= 11 is 5.91. The molecule has 0 bridgehead atoms. The van der Waals surface area contributed by atoms with Crippen molar-refractivity contribution in [1.82, 2.24) is 5.32 Å². The second kappa shape index (κ2) is 6.04. The van der Waals surface area contributed by atoms with E-state index in [1.807, 2.05) is 0 Å². The maximum atomic E-state index is 11.9. The first kappa shape index (κ1) is 13.8. The fourth-order valence-electron chi connectivity index (χ4n) is 2.01. The minimum atomic E-state index is -0.528. The van der Waals surface area contributed by atoms with Crippen molar-refractivity contribution in [3.63, 3.8) is 0 Å². The lowest BCUT2D eigenvalue weighted by molar-refractivity contribution is -0.117. The molecule has 0 radical (unpaired) electrons. The summed E-state index contributed by atoms with van der Waals surface area (Å²) in [5, 5.41) is 6.16. The largest absolute Gasteiger partial charge is 0.465 e. The molecule has 1 aromatic rings. The van der Waals surface area contributed by atoms with E-state index in [0.717, 1.165) is 19.4 Å². The van der Waals surface area contributed by atoms with Crippen molar-refractivity contribution in [3.8, 4) is 0 Å². The van der Waals surface area contributed by atoms with E-state index in [1.165, 1.54) is 13.2 Å². The van der Waals surface area contributed by atoms with Crippen LogP contribution in [0, 0.1) is 0 Å². The third-order valence-electron chi connectivity index (χ3n) is 3.02. The van der Waals surface area contributed by atoms with Crippen LogP contribution >= 0.6 is 11.6 Å². The number of carbonyl (C=O) groups excluding carboxylic acids is 2. The number of hydrogen-bond donors (Lipinski definition) is 2. The molecule has 1 unspecified atom stereocenters. The van der Waals surface area contributed by atoms with Crippen LogP contribution in [0.15, 0.2) is 18.2 Å². The third kappa shape index (κ3) is 3.24. The predicted molar refractivity (Wildman–Crippen MR) is 72.4 cm³/mol. The number of hydrogen-bond acceptors (Lipinski definition) is 4. The Morgan fingerprint density at radius 2 is 2.26 bits per heavy atom. The van der Waals surface area contributed by atoms with E-state index < -0.39 is 5.97 Å². The topological polar surface area (TPSA) is 67.4 Å². The van der Waals surface area contributed by atoms with E-state index in [1.54, 1.807) is 12.1 Å². The molecule has 1 atom stereocenters. The smallest absolute Gasteiger partial charge is 0.339 e. The molecule has 1 aliphatic heterocycles. The second-order valence-electron chi connectivity index (χ2n) is 4.32. The van der Waals surface area contributed by atoms with Crippen LogP contribution in [0.4, 0.5) is 5.69 Å². The number of carbonyl (C=O) groups is 2. The number of ether oxygens (including phenoxy) is 1. The molecule has 2 N–H and O–H groups in total.